The second kappa shape index (κ2) is 7.56. The van der Waals surface area contributed by atoms with Crippen molar-refractivity contribution in [2.75, 3.05) is 46.5 Å². The zero-order valence-electron chi connectivity index (χ0n) is 18.8. The predicted octanol–water partition coefficient (Wildman–Crippen LogP) is 2.97. The Kier molecular flexibility index (Phi) is 4.77. The summed E-state index contributed by atoms with van der Waals surface area (Å²) in [5.74, 6) is 4.22. The van der Waals surface area contributed by atoms with Gasteiger partial charge in [-0.3, -0.25) is 9.59 Å². The van der Waals surface area contributed by atoms with E-state index in [1.165, 1.54) is 19.3 Å². The van der Waals surface area contributed by atoms with Gasteiger partial charge in [0.15, 0.2) is 11.5 Å². The maximum absolute atomic E-state index is 13.6. The van der Waals surface area contributed by atoms with Crippen LogP contribution < -0.4 is 14.2 Å². The molecule has 2 aliphatic heterocycles. The monoisotopic (exact) mass is 440 g/mol. The SMILES string of the molecule is COc1cc(C(=O)N2CCN(C(=O)C34CC5CC(CC(C5)C3)C4)CC2)cc2c1OCCO2. The number of rotatable bonds is 3. The van der Waals surface area contributed by atoms with Gasteiger partial charge < -0.3 is 24.0 Å². The van der Waals surface area contributed by atoms with E-state index in [2.05, 4.69) is 0 Å². The molecule has 0 N–H and O–H groups in total. The van der Waals surface area contributed by atoms with Crippen molar-refractivity contribution < 1.29 is 23.8 Å². The zero-order valence-corrected chi connectivity index (χ0v) is 18.8. The molecule has 1 aromatic carbocycles. The van der Waals surface area contributed by atoms with Crippen LogP contribution in [-0.2, 0) is 4.79 Å². The maximum atomic E-state index is 13.6. The van der Waals surface area contributed by atoms with Crippen LogP contribution in [0.25, 0.3) is 0 Å². The Morgan fingerprint density at radius 1 is 0.906 bits per heavy atom. The molecule has 4 bridgehead atoms. The molecule has 0 atom stereocenters. The summed E-state index contributed by atoms with van der Waals surface area (Å²) in [6.07, 6.45) is 7.30. The predicted molar refractivity (Wildman–Crippen MR) is 117 cm³/mol. The van der Waals surface area contributed by atoms with Crippen molar-refractivity contribution in [2.24, 2.45) is 23.2 Å². The van der Waals surface area contributed by atoms with Crippen LogP contribution >= 0.6 is 0 Å². The fourth-order valence-corrected chi connectivity index (χ4v) is 7.40. The van der Waals surface area contributed by atoms with Crippen LogP contribution in [0.5, 0.6) is 17.2 Å². The van der Waals surface area contributed by atoms with Gasteiger partial charge in [-0.2, -0.15) is 0 Å². The topological polar surface area (TPSA) is 68.3 Å². The standard InChI is InChI=1S/C25H32N2O5/c1-30-20-11-19(12-21-22(20)32-7-6-31-21)23(28)26-2-4-27(5-3-26)24(29)25-13-16-8-17(14-25)10-18(9-16)15-25/h11-12,16-18H,2-10,13-15H2,1H3. The Balaban J connectivity index is 1.13. The molecule has 1 aromatic rings. The third kappa shape index (κ3) is 3.23. The molecular weight excluding hydrogens is 408 g/mol. The second-order valence-corrected chi connectivity index (χ2v) is 10.5. The van der Waals surface area contributed by atoms with Gasteiger partial charge in [-0.1, -0.05) is 0 Å². The largest absolute Gasteiger partial charge is 0.493 e. The molecule has 2 heterocycles. The molecule has 7 heteroatoms. The first kappa shape index (κ1) is 20.2. The van der Waals surface area contributed by atoms with Gasteiger partial charge in [0.1, 0.15) is 13.2 Å². The van der Waals surface area contributed by atoms with Gasteiger partial charge in [0.05, 0.1) is 12.5 Å². The number of benzene rings is 1. The first-order chi connectivity index (χ1) is 15.5. The van der Waals surface area contributed by atoms with E-state index in [-0.39, 0.29) is 11.3 Å². The van der Waals surface area contributed by atoms with E-state index < -0.39 is 0 Å². The molecule has 32 heavy (non-hydrogen) atoms. The maximum Gasteiger partial charge on any atom is 0.254 e. The van der Waals surface area contributed by atoms with E-state index in [0.717, 1.165) is 37.0 Å². The van der Waals surface area contributed by atoms with Crippen molar-refractivity contribution in [3.8, 4) is 17.2 Å². The van der Waals surface area contributed by atoms with Gasteiger partial charge in [0.2, 0.25) is 11.7 Å². The lowest BCUT2D eigenvalue weighted by Gasteiger charge is -2.57. The highest BCUT2D eigenvalue weighted by molar-refractivity contribution is 5.96. The van der Waals surface area contributed by atoms with Gasteiger partial charge in [0, 0.05) is 31.7 Å². The molecule has 0 radical (unpaired) electrons. The zero-order chi connectivity index (χ0) is 21.9. The van der Waals surface area contributed by atoms with Crippen molar-refractivity contribution in [2.45, 2.75) is 38.5 Å². The summed E-state index contributed by atoms with van der Waals surface area (Å²) >= 11 is 0. The average molecular weight is 441 g/mol. The van der Waals surface area contributed by atoms with Gasteiger partial charge >= 0.3 is 0 Å². The van der Waals surface area contributed by atoms with Gasteiger partial charge in [-0.05, 0) is 68.4 Å². The Bertz CT molecular complexity index is 884. The Labute approximate surface area is 189 Å². The lowest BCUT2D eigenvalue weighted by molar-refractivity contribution is -0.159. The number of fused-ring (bicyclic) bond motifs is 1. The van der Waals surface area contributed by atoms with Crippen LogP contribution in [0.1, 0.15) is 48.9 Å². The number of hydrogen-bond donors (Lipinski definition) is 0. The summed E-state index contributed by atoms with van der Waals surface area (Å²) in [5.41, 5.74) is 0.427. The van der Waals surface area contributed by atoms with Crippen LogP contribution in [0.2, 0.25) is 0 Å². The third-order valence-electron chi connectivity index (χ3n) is 8.42. The van der Waals surface area contributed by atoms with Crippen LogP contribution in [-0.4, -0.2) is 68.1 Å². The summed E-state index contributed by atoms with van der Waals surface area (Å²) in [6, 6.07) is 3.47. The molecule has 0 aromatic heterocycles. The van der Waals surface area contributed by atoms with E-state index in [0.29, 0.717) is 68.1 Å². The number of carbonyl (C=O) groups excluding carboxylic acids is 2. The molecule has 5 fully saturated rings. The molecule has 172 valence electrons. The molecule has 4 aliphatic carbocycles. The van der Waals surface area contributed by atoms with Gasteiger partial charge in [-0.15, -0.1) is 0 Å². The highest BCUT2D eigenvalue weighted by Gasteiger charge is 2.55. The third-order valence-corrected chi connectivity index (χ3v) is 8.42. The highest BCUT2D eigenvalue weighted by atomic mass is 16.6. The van der Waals surface area contributed by atoms with Crippen molar-refractivity contribution >= 4 is 11.8 Å². The number of carbonyl (C=O) groups is 2. The first-order valence-corrected chi connectivity index (χ1v) is 12.1. The Hall–Kier alpha value is -2.44. The smallest absolute Gasteiger partial charge is 0.254 e. The minimum atomic E-state index is -0.107. The molecule has 4 saturated carbocycles. The molecule has 0 spiro atoms. The summed E-state index contributed by atoms with van der Waals surface area (Å²) in [6.45, 7) is 3.29. The van der Waals surface area contributed by atoms with Crippen molar-refractivity contribution in [1.29, 1.82) is 0 Å². The van der Waals surface area contributed by atoms with Crippen LogP contribution in [0.15, 0.2) is 12.1 Å². The number of ether oxygens (including phenoxy) is 3. The Morgan fingerprint density at radius 2 is 1.50 bits per heavy atom. The minimum absolute atomic E-state index is 0.0535. The highest BCUT2D eigenvalue weighted by Crippen LogP contribution is 2.60. The number of piperazine rings is 1. The lowest BCUT2D eigenvalue weighted by atomic mass is 9.49. The normalized spacial score (nSPS) is 32.7. The van der Waals surface area contributed by atoms with Crippen molar-refractivity contribution in [1.82, 2.24) is 9.80 Å². The number of hydrogen-bond acceptors (Lipinski definition) is 5. The molecule has 1 saturated heterocycles. The first-order valence-electron chi connectivity index (χ1n) is 12.1. The summed E-state index contributed by atoms with van der Waals surface area (Å²) in [5, 5.41) is 0. The van der Waals surface area contributed by atoms with E-state index >= 15 is 0 Å². The van der Waals surface area contributed by atoms with Crippen LogP contribution in [0.3, 0.4) is 0 Å². The number of nitrogens with zero attached hydrogens (tertiary/aromatic N) is 2. The summed E-state index contributed by atoms with van der Waals surface area (Å²) in [4.78, 5) is 30.7. The summed E-state index contributed by atoms with van der Waals surface area (Å²) in [7, 11) is 1.57. The average Bonchev–Trinajstić information content (AvgIpc) is 2.81. The van der Waals surface area contributed by atoms with E-state index in [1.807, 2.05) is 9.80 Å². The van der Waals surface area contributed by atoms with Crippen LogP contribution in [0.4, 0.5) is 0 Å². The summed E-state index contributed by atoms with van der Waals surface area (Å²) < 4.78 is 16.8. The molecule has 7 nitrogen and oxygen atoms in total. The van der Waals surface area contributed by atoms with E-state index in [4.69, 9.17) is 14.2 Å². The fraction of sp³-hybridized carbons (Fsp3) is 0.680. The van der Waals surface area contributed by atoms with Crippen LogP contribution in [0, 0.1) is 23.2 Å². The second-order valence-electron chi connectivity index (χ2n) is 10.5. The molecule has 2 amide bonds. The molecule has 6 aliphatic rings. The number of amides is 2. The minimum Gasteiger partial charge on any atom is -0.493 e. The van der Waals surface area contributed by atoms with Crippen molar-refractivity contribution in [3.63, 3.8) is 0 Å². The number of methoxy groups -OCH3 is 1. The molecular formula is C25H32N2O5. The van der Waals surface area contributed by atoms with Gasteiger partial charge in [0.25, 0.3) is 5.91 Å². The van der Waals surface area contributed by atoms with Crippen molar-refractivity contribution in [3.05, 3.63) is 17.7 Å². The lowest BCUT2D eigenvalue weighted by Crippen LogP contribution is -2.58. The quantitative estimate of drug-likeness (QED) is 0.723. The van der Waals surface area contributed by atoms with E-state index in [1.54, 1.807) is 19.2 Å². The molecule has 7 rings (SSSR count). The molecule has 0 unspecified atom stereocenters. The Morgan fingerprint density at radius 3 is 2.12 bits per heavy atom. The van der Waals surface area contributed by atoms with Gasteiger partial charge in [-0.25, -0.2) is 0 Å². The van der Waals surface area contributed by atoms with E-state index in [9.17, 15) is 9.59 Å². The fourth-order valence-electron chi connectivity index (χ4n) is 7.40.